The zero-order chi connectivity index (χ0) is 19.4. The fraction of sp³-hybridized carbons (Fsp3) is 0.450. The number of carbonyl (C=O) groups is 1. The van der Waals surface area contributed by atoms with Crippen LogP contribution in [0.4, 0.5) is 5.82 Å². The van der Waals surface area contributed by atoms with Crippen molar-refractivity contribution in [3.63, 3.8) is 0 Å². The van der Waals surface area contributed by atoms with Gasteiger partial charge in [0.05, 0.1) is 23.7 Å². The molecule has 2 heterocycles. The molecule has 0 saturated heterocycles. The summed E-state index contributed by atoms with van der Waals surface area (Å²) in [7, 11) is 1.37. The van der Waals surface area contributed by atoms with Gasteiger partial charge in [-0.1, -0.05) is 13.3 Å². The fourth-order valence-electron chi connectivity index (χ4n) is 3.34. The maximum Gasteiger partial charge on any atom is 0.337 e. The standard InChI is InChI=1S/C20H26N4O2S/c1-4-5-7-16-23-17-18(24(16)10-6-11-27-3)14-9-8-13(20(25)26-2)12-15(14)22-19(17)21/h8-9,12H,4-7,10-11H2,1-3H3,(H2,21,22). The van der Waals surface area contributed by atoms with Crippen molar-refractivity contribution in [3.8, 4) is 0 Å². The number of nitrogens with zero attached hydrogens (tertiary/aromatic N) is 3. The quantitative estimate of drug-likeness (QED) is 0.464. The molecular formula is C20H26N4O2S. The van der Waals surface area contributed by atoms with Crippen LogP contribution >= 0.6 is 11.8 Å². The Morgan fingerprint density at radius 2 is 2.11 bits per heavy atom. The molecule has 3 rings (SSSR count). The molecule has 0 spiro atoms. The van der Waals surface area contributed by atoms with E-state index in [0.29, 0.717) is 16.9 Å². The van der Waals surface area contributed by atoms with Gasteiger partial charge in [0, 0.05) is 18.4 Å². The SMILES string of the molecule is CCCCc1nc2c(N)nc3cc(C(=O)OC)ccc3c2n1CCCSC. The number of benzene rings is 1. The van der Waals surface area contributed by atoms with Gasteiger partial charge >= 0.3 is 5.97 Å². The number of nitrogens with two attached hydrogens (primary N) is 1. The Morgan fingerprint density at radius 3 is 2.81 bits per heavy atom. The van der Waals surface area contributed by atoms with Crippen LogP contribution in [-0.4, -0.2) is 39.6 Å². The number of imidazole rings is 1. The maximum atomic E-state index is 11.9. The number of aromatic nitrogens is 3. The first kappa shape index (κ1) is 19.5. The van der Waals surface area contributed by atoms with E-state index in [1.807, 2.05) is 17.8 Å². The van der Waals surface area contributed by atoms with E-state index in [1.54, 1.807) is 12.1 Å². The van der Waals surface area contributed by atoms with Gasteiger partial charge in [-0.05, 0) is 43.0 Å². The summed E-state index contributed by atoms with van der Waals surface area (Å²) in [6, 6.07) is 5.44. The summed E-state index contributed by atoms with van der Waals surface area (Å²) >= 11 is 1.84. The Hall–Kier alpha value is -2.28. The minimum absolute atomic E-state index is 0.380. The Kier molecular flexibility index (Phi) is 6.21. The van der Waals surface area contributed by atoms with Gasteiger partial charge in [0.2, 0.25) is 0 Å². The van der Waals surface area contributed by atoms with Crippen LogP contribution in [0.2, 0.25) is 0 Å². The number of hydrogen-bond donors (Lipinski definition) is 1. The average Bonchev–Trinajstić information content (AvgIpc) is 3.05. The number of aryl methyl sites for hydroxylation is 2. The zero-order valence-corrected chi connectivity index (χ0v) is 16.9. The predicted octanol–water partition coefficient (Wildman–Crippen LogP) is 4.05. The van der Waals surface area contributed by atoms with Gasteiger partial charge in [-0.25, -0.2) is 14.8 Å². The number of fused-ring (bicyclic) bond motifs is 3. The summed E-state index contributed by atoms with van der Waals surface area (Å²) in [6.45, 7) is 3.08. The van der Waals surface area contributed by atoms with Crippen molar-refractivity contribution in [2.24, 2.45) is 0 Å². The third-order valence-corrected chi connectivity index (χ3v) is 5.39. The number of rotatable bonds is 8. The second-order valence-corrected chi connectivity index (χ2v) is 7.53. The van der Waals surface area contributed by atoms with Gasteiger partial charge in [-0.3, -0.25) is 0 Å². The Balaban J connectivity index is 2.20. The van der Waals surface area contributed by atoms with Crippen molar-refractivity contribution in [2.45, 2.75) is 39.2 Å². The van der Waals surface area contributed by atoms with Crippen molar-refractivity contribution in [1.82, 2.24) is 14.5 Å². The molecule has 2 N–H and O–H groups in total. The van der Waals surface area contributed by atoms with E-state index >= 15 is 0 Å². The van der Waals surface area contributed by atoms with Crippen LogP contribution in [0.25, 0.3) is 21.9 Å². The number of pyridine rings is 1. The summed E-state index contributed by atoms with van der Waals surface area (Å²) in [5, 5.41) is 0.964. The summed E-state index contributed by atoms with van der Waals surface area (Å²) < 4.78 is 7.11. The number of unbranched alkanes of at least 4 members (excludes halogenated alkanes) is 1. The van der Waals surface area contributed by atoms with Crippen molar-refractivity contribution in [3.05, 3.63) is 29.6 Å². The molecule has 0 aliphatic rings. The molecule has 0 bridgehead atoms. The van der Waals surface area contributed by atoms with E-state index in [9.17, 15) is 4.79 Å². The minimum atomic E-state index is -0.380. The second-order valence-electron chi connectivity index (χ2n) is 6.55. The van der Waals surface area contributed by atoms with E-state index < -0.39 is 0 Å². The van der Waals surface area contributed by atoms with Crippen LogP contribution in [0.3, 0.4) is 0 Å². The number of carbonyl (C=O) groups excluding carboxylic acids is 1. The van der Waals surface area contributed by atoms with Gasteiger partial charge in [0.15, 0.2) is 5.82 Å². The summed E-state index contributed by atoms with van der Waals surface area (Å²) in [4.78, 5) is 21.2. The third-order valence-electron chi connectivity index (χ3n) is 4.69. The van der Waals surface area contributed by atoms with Crippen LogP contribution < -0.4 is 5.73 Å². The molecule has 144 valence electrons. The van der Waals surface area contributed by atoms with Crippen molar-refractivity contribution < 1.29 is 9.53 Å². The molecule has 7 heteroatoms. The lowest BCUT2D eigenvalue weighted by Crippen LogP contribution is -2.06. The Labute approximate surface area is 163 Å². The normalized spacial score (nSPS) is 11.4. The Bertz CT molecular complexity index is 968. The highest BCUT2D eigenvalue weighted by atomic mass is 32.2. The first-order valence-electron chi connectivity index (χ1n) is 9.26. The molecule has 0 aliphatic carbocycles. The molecule has 0 radical (unpaired) electrons. The number of esters is 1. The molecule has 2 aromatic heterocycles. The highest BCUT2D eigenvalue weighted by Crippen LogP contribution is 2.30. The molecular weight excluding hydrogens is 360 g/mol. The number of hydrogen-bond acceptors (Lipinski definition) is 6. The van der Waals surface area contributed by atoms with Gasteiger partial charge in [-0.2, -0.15) is 11.8 Å². The molecule has 0 atom stereocenters. The number of ether oxygens (including phenoxy) is 1. The molecule has 1 aromatic carbocycles. The van der Waals surface area contributed by atoms with Crippen molar-refractivity contribution in [2.75, 3.05) is 24.9 Å². The summed E-state index contributed by atoms with van der Waals surface area (Å²) in [6.07, 6.45) is 6.31. The Morgan fingerprint density at radius 1 is 1.30 bits per heavy atom. The highest BCUT2D eigenvalue weighted by molar-refractivity contribution is 7.98. The topological polar surface area (TPSA) is 83.0 Å². The highest BCUT2D eigenvalue weighted by Gasteiger charge is 2.18. The molecule has 0 saturated carbocycles. The molecule has 27 heavy (non-hydrogen) atoms. The smallest absolute Gasteiger partial charge is 0.337 e. The van der Waals surface area contributed by atoms with Crippen LogP contribution in [-0.2, 0) is 17.7 Å². The minimum Gasteiger partial charge on any atom is -0.465 e. The molecule has 0 amide bonds. The number of thioether (sulfide) groups is 1. The van der Waals surface area contributed by atoms with E-state index in [0.717, 1.165) is 60.2 Å². The van der Waals surface area contributed by atoms with E-state index in [-0.39, 0.29) is 5.97 Å². The fourth-order valence-corrected chi connectivity index (χ4v) is 3.75. The van der Waals surface area contributed by atoms with Gasteiger partial charge in [-0.15, -0.1) is 0 Å². The molecule has 0 fully saturated rings. The molecule has 0 aliphatic heterocycles. The van der Waals surface area contributed by atoms with Crippen LogP contribution in [0, 0.1) is 0 Å². The van der Waals surface area contributed by atoms with Crippen molar-refractivity contribution >= 4 is 45.5 Å². The van der Waals surface area contributed by atoms with Crippen molar-refractivity contribution in [1.29, 1.82) is 0 Å². The number of anilines is 1. The molecule has 6 nitrogen and oxygen atoms in total. The zero-order valence-electron chi connectivity index (χ0n) is 16.1. The largest absolute Gasteiger partial charge is 0.465 e. The van der Waals surface area contributed by atoms with Gasteiger partial charge < -0.3 is 15.0 Å². The van der Waals surface area contributed by atoms with E-state index in [1.165, 1.54) is 7.11 Å². The maximum absolute atomic E-state index is 11.9. The average molecular weight is 387 g/mol. The van der Waals surface area contributed by atoms with Gasteiger partial charge in [0.1, 0.15) is 11.3 Å². The lowest BCUT2D eigenvalue weighted by molar-refractivity contribution is 0.0601. The molecule has 0 unspecified atom stereocenters. The lowest BCUT2D eigenvalue weighted by atomic mass is 10.1. The third kappa shape index (κ3) is 3.88. The second kappa shape index (κ2) is 8.61. The first-order chi connectivity index (χ1) is 13.1. The van der Waals surface area contributed by atoms with Gasteiger partial charge in [0.25, 0.3) is 0 Å². The molecule has 3 aromatic rings. The lowest BCUT2D eigenvalue weighted by Gasteiger charge is -2.11. The van der Waals surface area contributed by atoms with E-state index in [2.05, 4.69) is 22.7 Å². The number of methoxy groups -OCH3 is 1. The summed E-state index contributed by atoms with van der Waals surface area (Å²) in [5.74, 6) is 2.18. The van der Waals surface area contributed by atoms with E-state index in [4.69, 9.17) is 15.5 Å². The summed E-state index contributed by atoms with van der Waals surface area (Å²) in [5.41, 5.74) is 9.17. The predicted molar refractivity (Wildman–Crippen MR) is 112 cm³/mol. The van der Waals surface area contributed by atoms with Crippen LogP contribution in [0.15, 0.2) is 18.2 Å². The number of nitrogen functional groups attached to an aromatic ring is 1. The van der Waals surface area contributed by atoms with Crippen LogP contribution in [0.5, 0.6) is 0 Å². The first-order valence-corrected chi connectivity index (χ1v) is 10.7. The van der Waals surface area contributed by atoms with Crippen LogP contribution in [0.1, 0.15) is 42.4 Å². The monoisotopic (exact) mass is 386 g/mol.